The maximum absolute atomic E-state index is 6.38. The molecule has 2 aliphatic rings. The summed E-state index contributed by atoms with van der Waals surface area (Å²) >= 11 is 6.07. The monoisotopic (exact) mass is 332 g/mol. The van der Waals surface area contributed by atoms with Crippen molar-refractivity contribution in [3.8, 4) is 0 Å². The van der Waals surface area contributed by atoms with Crippen molar-refractivity contribution in [1.82, 2.24) is 0 Å². The molecule has 4 atom stereocenters. The molecule has 4 unspecified atom stereocenters. The summed E-state index contributed by atoms with van der Waals surface area (Å²) in [4.78, 5) is 0. The number of allylic oxidation sites excluding steroid dienone is 1. The molecule has 0 saturated heterocycles. The SMILES string of the molecule is C=CCC1(C)CCC(c2ccc(Cl)cc2)[N+]2=C1OC(C)C2CC. The third-order valence-corrected chi connectivity index (χ3v) is 5.77. The summed E-state index contributed by atoms with van der Waals surface area (Å²) in [6.07, 6.45) is 6.60. The Hall–Kier alpha value is -1.28. The van der Waals surface area contributed by atoms with Gasteiger partial charge in [0, 0.05) is 23.4 Å². The molecule has 0 radical (unpaired) electrons. The normalized spacial score (nSPS) is 33.3. The molecule has 0 saturated carbocycles. The molecule has 3 heteroatoms. The van der Waals surface area contributed by atoms with E-state index in [1.165, 1.54) is 11.5 Å². The number of ether oxygens (including phenoxy) is 1. The predicted octanol–water partition coefficient (Wildman–Crippen LogP) is 5.37. The van der Waals surface area contributed by atoms with Crippen LogP contribution in [0.15, 0.2) is 36.9 Å². The van der Waals surface area contributed by atoms with E-state index in [9.17, 15) is 0 Å². The lowest BCUT2D eigenvalue weighted by Crippen LogP contribution is -2.42. The van der Waals surface area contributed by atoms with E-state index in [4.69, 9.17) is 16.3 Å². The van der Waals surface area contributed by atoms with Gasteiger partial charge in [-0.2, -0.15) is 4.58 Å². The highest BCUT2D eigenvalue weighted by molar-refractivity contribution is 6.30. The molecule has 1 aromatic rings. The molecule has 0 aromatic heterocycles. The lowest BCUT2D eigenvalue weighted by molar-refractivity contribution is -0.610. The highest BCUT2D eigenvalue weighted by Crippen LogP contribution is 2.44. The summed E-state index contributed by atoms with van der Waals surface area (Å²) < 4.78 is 8.94. The van der Waals surface area contributed by atoms with Crippen LogP contribution in [0, 0.1) is 5.41 Å². The molecule has 0 fully saturated rings. The summed E-state index contributed by atoms with van der Waals surface area (Å²) in [5.74, 6) is 1.17. The van der Waals surface area contributed by atoms with Crippen molar-refractivity contribution < 1.29 is 9.31 Å². The summed E-state index contributed by atoms with van der Waals surface area (Å²) in [5.41, 5.74) is 1.41. The second-order valence-corrected chi connectivity index (χ2v) is 7.61. The molecule has 0 bridgehead atoms. The van der Waals surface area contributed by atoms with E-state index in [0.29, 0.717) is 12.1 Å². The van der Waals surface area contributed by atoms with Crippen molar-refractivity contribution in [3.05, 3.63) is 47.5 Å². The zero-order valence-corrected chi connectivity index (χ0v) is 15.1. The predicted molar refractivity (Wildman–Crippen MR) is 96.2 cm³/mol. The van der Waals surface area contributed by atoms with Crippen LogP contribution in [-0.2, 0) is 4.74 Å². The molecule has 3 rings (SSSR count). The van der Waals surface area contributed by atoms with Crippen molar-refractivity contribution in [2.24, 2.45) is 5.41 Å². The summed E-state index contributed by atoms with van der Waals surface area (Å²) in [6.45, 7) is 10.7. The van der Waals surface area contributed by atoms with Crippen molar-refractivity contribution in [3.63, 3.8) is 0 Å². The van der Waals surface area contributed by atoms with Crippen LogP contribution in [0.5, 0.6) is 0 Å². The molecule has 1 aromatic carbocycles. The molecule has 0 aliphatic carbocycles. The van der Waals surface area contributed by atoms with E-state index in [0.717, 1.165) is 30.7 Å². The number of hydrogen-bond donors (Lipinski definition) is 0. The van der Waals surface area contributed by atoms with E-state index in [1.807, 2.05) is 18.2 Å². The van der Waals surface area contributed by atoms with Gasteiger partial charge in [-0.3, -0.25) is 0 Å². The summed E-state index contributed by atoms with van der Waals surface area (Å²) in [7, 11) is 0. The third kappa shape index (κ3) is 2.82. The van der Waals surface area contributed by atoms with Gasteiger partial charge in [-0.25, -0.2) is 0 Å². The Bertz CT molecular complexity index is 621. The zero-order chi connectivity index (χ0) is 16.6. The summed E-state index contributed by atoms with van der Waals surface area (Å²) in [5, 5.41) is 0.795. The van der Waals surface area contributed by atoms with Gasteiger partial charge in [0.15, 0.2) is 18.2 Å². The minimum atomic E-state index is 0.0723. The van der Waals surface area contributed by atoms with Gasteiger partial charge in [0.1, 0.15) is 0 Å². The number of nitrogens with zero attached hydrogens (tertiary/aromatic N) is 1. The average molecular weight is 333 g/mol. The maximum atomic E-state index is 6.38. The Morgan fingerprint density at radius 3 is 2.70 bits per heavy atom. The standard InChI is InChI=1S/C20H27ClNO/c1-5-12-20(4)13-11-18(15-7-9-16(21)10-8-15)22-17(6-2)14(3)23-19(20)22/h5,7-10,14,17-18H,1,6,11-13H2,2-4H3/q+1. The fourth-order valence-electron chi connectivity index (χ4n) is 4.27. The van der Waals surface area contributed by atoms with Crippen LogP contribution in [0.1, 0.15) is 58.1 Å². The van der Waals surface area contributed by atoms with E-state index in [-0.39, 0.29) is 11.5 Å². The smallest absolute Gasteiger partial charge is 0.344 e. The van der Waals surface area contributed by atoms with Crippen LogP contribution in [0.25, 0.3) is 0 Å². The topological polar surface area (TPSA) is 12.2 Å². The van der Waals surface area contributed by atoms with Crippen LogP contribution >= 0.6 is 11.6 Å². The molecule has 23 heavy (non-hydrogen) atoms. The lowest BCUT2D eigenvalue weighted by Gasteiger charge is -2.32. The lowest BCUT2D eigenvalue weighted by atomic mass is 9.77. The van der Waals surface area contributed by atoms with Crippen LogP contribution in [0.3, 0.4) is 0 Å². The molecule has 124 valence electrons. The van der Waals surface area contributed by atoms with Gasteiger partial charge in [-0.1, -0.05) is 36.7 Å². The van der Waals surface area contributed by atoms with E-state index >= 15 is 0 Å². The number of halogens is 1. The van der Waals surface area contributed by atoms with Crippen molar-refractivity contribution in [2.45, 2.75) is 64.6 Å². The van der Waals surface area contributed by atoms with Crippen LogP contribution in [0.2, 0.25) is 5.02 Å². The third-order valence-electron chi connectivity index (χ3n) is 5.52. The van der Waals surface area contributed by atoms with Crippen LogP contribution in [0.4, 0.5) is 0 Å². The first kappa shape index (κ1) is 16.6. The highest BCUT2D eigenvalue weighted by atomic mass is 35.5. The van der Waals surface area contributed by atoms with E-state index < -0.39 is 0 Å². The first-order valence-corrected chi connectivity index (χ1v) is 9.06. The first-order valence-electron chi connectivity index (χ1n) is 8.69. The fraction of sp³-hybridized carbons (Fsp3) is 0.550. The van der Waals surface area contributed by atoms with Gasteiger partial charge >= 0.3 is 5.90 Å². The minimum absolute atomic E-state index is 0.0723. The number of hydrogen-bond acceptors (Lipinski definition) is 1. The Morgan fingerprint density at radius 2 is 2.09 bits per heavy atom. The molecule has 0 amide bonds. The van der Waals surface area contributed by atoms with E-state index in [1.54, 1.807) is 0 Å². The quantitative estimate of drug-likeness (QED) is 0.533. The molecular weight excluding hydrogens is 306 g/mol. The molecule has 2 nitrogen and oxygen atoms in total. The van der Waals surface area contributed by atoms with Crippen LogP contribution < -0.4 is 0 Å². The van der Waals surface area contributed by atoms with Crippen molar-refractivity contribution >= 4 is 17.5 Å². The Kier molecular flexibility index (Phi) is 4.55. The van der Waals surface area contributed by atoms with Crippen LogP contribution in [-0.4, -0.2) is 22.6 Å². The zero-order valence-electron chi connectivity index (χ0n) is 14.4. The Balaban J connectivity index is 2.07. The van der Waals surface area contributed by atoms with Gasteiger partial charge in [-0.15, -0.1) is 6.58 Å². The van der Waals surface area contributed by atoms with Crippen molar-refractivity contribution in [2.75, 3.05) is 0 Å². The second kappa shape index (κ2) is 6.32. The molecule has 2 aliphatic heterocycles. The molecule has 2 heterocycles. The van der Waals surface area contributed by atoms with Crippen molar-refractivity contribution in [1.29, 1.82) is 0 Å². The molecular formula is C20H27ClNO+. The van der Waals surface area contributed by atoms with Gasteiger partial charge in [0.25, 0.3) is 0 Å². The summed E-state index contributed by atoms with van der Waals surface area (Å²) in [6, 6.07) is 9.14. The highest BCUT2D eigenvalue weighted by Gasteiger charge is 2.54. The minimum Gasteiger partial charge on any atom is -0.438 e. The Morgan fingerprint density at radius 1 is 1.39 bits per heavy atom. The number of benzene rings is 1. The van der Waals surface area contributed by atoms with E-state index in [2.05, 4.69) is 44.1 Å². The van der Waals surface area contributed by atoms with Gasteiger partial charge in [-0.05, 0) is 38.8 Å². The first-order chi connectivity index (χ1) is 11.0. The fourth-order valence-corrected chi connectivity index (χ4v) is 4.39. The molecule has 0 spiro atoms. The van der Waals surface area contributed by atoms with Gasteiger partial charge < -0.3 is 4.74 Å². The van der Waals surface area contributed by atoms with Gasteiger partial charge in [0.2, 0.25) is 0 Å². The average Bonchev–Trinajstić information content (AvgIpc) is 2.87. The molecule has 0 N–H and O–H groups in total. The largest absolute Gasteiger partial charge is 0.438 e. The number of rotatable bonds is 4. The van der Waals surface area contributed by atoms with Gasteiger partial charge in [0.05, 0.1) is 5.41 Å². The second-order valence-electron chi connectivity index (χ2n) is 7.17. The maximum Gasteiger partial charge on any atom is 0.344 e. The Labute approximate surface area is 144 Å².